The number of carbonyl (C=O) groups excluding carboxylic acids is 1. The Hall–Kier alpha value is -2.84. The fraction of sp³-hybridized carbons (Fsp3) is 0.400. The lowest BCUT2D eigenvalue weighted by Crippen LogP contribution is -2.51. The molecule has 2 aromatic rings. The van der Waals surface area contributed by atoms with Gasteiger partial charge in [-0.05, 0) is 37.1 Å². The molecule has 8 heteroatoms. The van der Waals surface area contributed by atoms with Crippen molar-refractivity contribution in [1.29, 1.82) is 0 Å². The molecule has 0 spiro atoms. The standard InChI is InChI=1S/C20H22N2O6/c1-12-5-7-22(13-3-4-16-17(9-13)28-11-27-16)20(24)18(12)19(23)21-14-10-26-8-6-15(14)25-2/h3-5,7,9,14-15H,6,8,10-11H2,1-2H3,(H,21,23)/t14-,15-/m1/s1. The average Bonchev–Trinajstić information content (AvgIpc) is 3.16. The summed E-state index contributed by atoms with van der Waals surface area (Å²) in [5, 5.41) is 2.89. The maximum atomic E-state index is 13.1. The Morgan fingerprint density at radius 3 is 2.89 bits per heavy atom. The Bertz CT molecular complexity index is 954. The van der Waals surface area contributed by atoms with Crippen LogP contribution in [0.4, 0.5) is 0 Å². The quantitative estimate of drug-likeness (QED) is 0.855. The molecule has 28 heavy (non-hydrogen) atoms. The highest BCUT2D eigenvalue weighted by atomic mass is 16.7. The number of pyridine rings is 1. The van der Waals surface area contributed by atoms with Gasteiger partial charge >= 0.3 is 0 Å². The average molecular weight is 386 g/mol. The number of hydrogen-bond donors (Lipinski definition) is 1. The minimum absolute atomic E-state index is 0.0978. The smallest absolute Gasteiger partial charge is 0.268 e. The molecule has 148 valence electrons. The molecule has 0 saturated carbocycles. The molecule has 2 aliphatic heterocycles. The number of carbonyl (C=O) groups is 1. The lowest BCUT2D eigenvalue weighted by molar-refractivity contribution is -0.0349. The molecule has 1 aromatic heterocycles. The predicted molar refractivity (Wildman–Crippen MR) is 100 cm³/mol. The van der Waals surface area contributed by atoms with E-state index in [1.54, 1.807) is 44.5 Å². The maximum absolute atomic E-state index is 13.1. The topological polar surface area (TPSA) is 88.0 Å². The van der Waals surface area contributed by atoms with Crippen molar-refractivity contribution in [3.8, 4) is 17.2 Å². The fourth-order valence-electron chi connectivity index (χ4n) is 3.52. The molecule has 0 radical (unpaired) electrons. The van der Waals surface area contributed by atoms with Crippen molar-refractivity contribution in [2.45, 2.75) is 25.5 Å². The number of methoxy groups -OCH3 is 1. The zero-order valence-corrected chi connectivity index (χ0v) is 15.8. The molecule has 0 bridgehead atoms. The number of nitrogens with zero attached hydrogens (tertiary/aromatic N) is 1. The molecule has 0 unspecified atom stereocenters. The monoisotopic (exact) mass is 386 g/mol. The van der Waals surface area contributed by atoms with Crippen molar-refractivity contribution < 1.29 is 23.7 Å². The highest BCUT2D eigenvalue weighted by Crippen LogP contribution is 2.33. The lowest BCUT2D eigenvalue weighted by Gasteiger charge is -2.31. The van der Waals surface area contributed by atoms with Gasteiger partial charge in [0.2, 0.25) is 6.79 Å². The second kappa shape index (κ2) is 7.65. The highest BCUT2D eigenvalue weighted by Gasteiger charge is 2.29. The van der Waals surface area contributed by atoms with Crippen LogP contribution in [0.15, 0.2) is 35.3 Å². The first-order valence-electron chi connectivity index (χ1n) is 9.12. The number of benzene rings is 1. The third kappa shape index (κ3) is 3.36. The number of nitrogens with one attached hydrogen (secondary N) is 1. The van der Waals surface area contributed by atoms with Gasteiger partial charge in [0.1, 0.15) is 5.56 Å². The summed E-state index contributed by atoms with van der Waals surface area (Å²) in [4.78, 5) is 26.0. The van der Waals surface area contributed by atoms with Crippen LogP contribution in [-0.2, 0) is 9.47 Å². The fourth-order valence-corrected chi connectivity index (χ4v) is 3.52. The molecule has 2 aliphatic rings. The summed E-state index contributed by atoms with van der Waals surface area (Å²) in [5.41, 5.74) is 0.895. The van der Waals surface area contributed by atoms with Crippen molar-refractivity contribution >= 4 is 5.91 Å². The van der Waals surface area contributed by atoms with Gasteiger partial charge in [0.15, 0.2) is 11.5 Å². The van der Waals surface area contributed by atoms with E-state index in [-0.39, 0.29) is 24.5 Å². The van der Waals surface area contributed by atoms with Crippen LogP contribution in [0.2, 0.25) is 0 Å². The molecule has 3 heterocycles. The highest BCUT2D eigenvalue weighted by molar-refractivity contribution is 5.95. The molecule has 1 aromatic carbocycles. The van der Waals surface area contributed by atoms with Gasteiger partial charge in [0.25, 0.3) is 11.5 Å². The maximum Gasteiger partial charge on any atom is 0.268 e. The molecular formula is C20H22N2O6. The number of aryl methyl sites for hydroxylation is 1. The van der Waals surface area contributed by atoms with Gasteiger partial charge in [0.05, 0.1) is 24.4 Å². The van der Waals surface area contributed by atoms with Crippen LogP contribution < -0.4 is 20.3 Å². The van der Waals surface area contributed by atoms with E-state index in [2.05, 4.69) is 5.32 Å². The van der Waals surface area contributed by atoms with Crippen LogP contribution in [0, 0.1) is 6.92 Å². The zero-order valence-electron chi connectivity index (χ0n) is 15.8. The number of ether oxygens (including phenoxy) is 4. The lowest BCUT2D eigenvalue weighted by atomic mass is 10.0. The van der Waals surface area contributed by atoms with Crippen LogP contribution in [0.1, 0.15) is 22.3 Å². The van der Waals surface area contributed by atoms with Gasteiger partial charge in [-0.1, -0.05) is 0 Å². The van der Waals surface area contributed by atoms with Crippen LogP contribution in [0.25, 0.3) is 5.69 Å². The number of rotatable bonds is 4. The molecule has 1 N–H and O–H groups in total. The van der Waals surface area contributed by atoms with Crippen molar-refractivity contribution in [2.24, 2.45) is 0 Å². The van der Waals surface area contributed by atoms with Gasteiger partial charge in [-0.2, -0.15) is 0 Å². The van der Waals surface area contributed by atoms with E-state index in [9.17, 15) is 9.59 Å². The molecule has 1 fully saturated rings. The summed E-state index contributed by atoms with van der Waals surface area (Å²) >= 11 is 0. The van der Waals surface area contributed by atoms with Crippen LogP contribution in [-0.4, -0.2) is 49.7 Å². The van der Waals surface area contributed by atoms with E-state index in [0.29, 0.717) is 42.4 Å². The summed E-state index contributed by atoms with van der Waals surface area (Å²) in [6, 6.07) is 6.65. The Kier molecular flexibility index (Phi) is 5.06. The van der Waals surface area contributed by atoms with E-state index in [1.807, 2.05) is 0 Å². The Labute approximate surface area is 162 Å². The van der Waals surface area contributed by atoms with E-state index in [0.717, 1.165) is 0 Å². The third-order valence-electron chi connectivity index (χ3n) is 5.07. The first kappa shape index (κ1) is 18.5. The summed E-state index contributed by atoms with van der Waals surface area (Å²) in [6.07, 6.45) is 2.20. The Morgan fingerprint density at radius 2 is 2.07 bits per heavy atom. The van der Waals surface area contributed by atoms with E-state index in [4.69, 9.17) is 18.9 Å². The predicted octanol–water partition coefficient (Wildman–Crippen LogP) is 1.41. The minimum Gasteiger partial charge on any atom is -0.454 e. The van der Waals surface area contributed by atoms with E-state index in [1.165, 1.54) is 4.57 Å². The largest absolute Gasteiger partial charge is 0.454 e. The number of amides is 1. The van der Waals surface area contributed by atoms with Crippen LogP contribution >= 0.6 is 0 Å². The van der Waals surface area contributed by atoms with Crippen LogP contribution in [0.3, 0.4) is 0 Å². The van der Waals surface area contributed by atoms with Gasteiger partial charge in [-0.25, -0.2) is 0 Å². The molecule has 4 rings (SSSR count). The Balaban J connectivity index is 1.65. The van der Waals surface area contributed by atoms with Gasteiger partial charge < -0.3 is 24.3 Å². The molecule has 2 atom stereocenters. The summed E-state index contributed by atoms with van der Waals surface area (Å²) in [5.74, 6) is 0.762. The SMILES string of the molecule is CO[C@@H]1CCOC[C@H]1NC(=O)c1c(C)ccn(-c2ccc3c(c2)OCO3)c1=O. The van der Waals surface area contributed by atoms with Crippen molar-refractivity contribution in [1.82, 2.24) is 9.88 Å². The second-order valence-electron chi connectivity index (χ2n) is 6.80. The molecule has 8 nitrogen and oxygen atoms in total. The van der Waals surface area contributed by atoms with Gasteiger partial charge in [-0.3, -0.25) is 14.2 Å². The van der Waals surface area contributed by atoms with E-state index >= 15 is 0 Å². The van der Waals surface area contributed by atoms with Gasteiger partial charge in [-0.15, -0.1) is 0 Å². The minimum atomic E-state index is -0.435. The normalized spacial score (nSPS) is 20.8. The molecule has 1 saturated heterocycles. The number of aromatic nitrogens is 1. The molecular weight excluding hydrogens is 364 g/mol. The molecule has 1 amide bonds. The summed E-state index contributed by atoms with van der Waals surface area (Å²) in [6.45, 7) is 2.84. The van der Waals surface area contributed by atoms with Crippen molar-refractivity contribution in [2.75, 3.05) is 27.1 Å². The number of fused-ring (bicyclic) bond motifs is 1. The zero-order chi connectivity index (χ0) is 19.7. The molecule has 0 aliphatic carbocycles. The van der Waals surface area contributed by atoms with Gasteiger partial charge in [0, 0.05) is 26.0 Å². The summed E-state index contributed by atoms with van der Waals surface area (Å²) < 4.78 is 23.0. The Morgan fingerprint density at radius 1 is 1.25 bits per heavy atom. The van der Waals surface area contributed by atoms with Crippen molar-refractivity contribution in [3.05, 3.63) is 51.9 Å². The number of hydrogen-bond acceptors (Lipinski definition) is 6. The van der Waals surface area contributed by atoms with E-state index < -0.39 is 11.5 Å². The van der Waals surface area contributed by atoms with Crippen LogP contribution in [0.5, 0.6) is 11.5 Å². The summed E-state index contributed by atoms with van der Waals surface area (Å²) in [7, 11) is 1.61. The second-order valence-corrected chi connectivity index (χ2v) is 6.80. The first-order chi connectivity index (χ1) is 13.6. The third-order valence-corrected chi connectivity index (χ3v) is 5.07. The first-order valence-corrected chi connectivity index (χ1v) is 9.12. The van der Waals surface area contributed by atoms with Crippen molar-refractivity contribution in [3.63, 3.8) is 0 Å².